The maximum atomic E-state index is 13.7. The van der Waals surface area contributed by atoms with Crippen molar-refractivity contribution in [3.63, 3.8) is 0 Å². The van der Waals surface area contributed by atoms with Crippen molar-refractivity contribution in [1.82, 2.24) is 4.98 Å². The van der Waals surface area contributed by atoms with Gasteiger partial charge in [-0.2, -0.15) is 17.6 Å². The molecular weight excluding hydrogens is 356 g/mol. The van der Waals surface area contributed by atoms with E-state index in [2.05, 4.69) is 4.98 Å². The Hall–Kier alpha value is -2.78. The Morgan fingerprint density at radius 1 is 1.04 bits per heavy atom. The van der Waals surface area contributed by atoms with Crippen LogP contribution in [-0.4, -0.2) is 21.8 Å². The summed E-state index contributed by atoms with van der Waals surface area (Å²) < 4.78 is 86.2. The summed E-state index contributed by atoms with van der Waals surface area (Å²) in [6, 6.07) is 3.27. The summed E-state index contributed by atoms with van der Waals surface area (Å²) in [6.07, 6.45) is -2.59. The van der Waals surface area contributed by atoms with Crippen molar-refractivity contribution < 1.29 is 41.0 Å². The van der Waals surface area contributed by atoms with Gasteiger partial charge in [0.15, 0.2) is 0 Å². The Balaban J connectivity index is 2.17. The molecule has 0 unspecified atom stereocenters. The van der Waals surface area contributed by atoms with E-state index in [9.17, 15) is 31.1 Å². The van der Waals surface area contributed by atoms with Crippen LogP contribution in [0.1, 0.15) is 27.9 Å². The summed E-state index contributed by atoms with van der Waals surface area (Å²) in [5.74, 6) is -13.7. The van der Waals surface area contributed by atoms with E-state index in [-0.39, 0.29) is 5.75 Å². The monoisotopic (exact) mass is 363 g/mol. The van der Waals surface area contributed by atoms with Crippen molar-refractivity contribution in [2.45, 2.75) is 18.3 Å². The van der Waals surface area contributed by atoms with E-state index < -0.39 is 52.4 Å². The number of carbonyl (C=O) groups excluding carboxylic acids is 1. The molecule has 0 saturated heterocycles. The molecule has 1 aromatic heterocycles. The second-order valence-electron chi connectivity index (χ2n) is 5.13. The first-order valence-corrected chi connectivity index (χ1v) is 6.66. The first-order chi connectivity index (χ1) is 11.6. The fourth-order valence-electron chi connectivity index (χ4n) is 2.44. The topological polar surface area (TPSA) is 59.4 Å². The highest BCUT2D eigenvalue weighted by atomic mass is 19.3. The van der Waals surface area contributed by atoms with Crippen LogP contribution >= 0.6 is 0 Å². The molecule has 0 spiro atoms. The first kappa shape index (κ1) is 17.1. The summed E-state index contributed by atoms with van der Waals surface area (Å²) in [5.41, 5.74) is -4.28. The zero-order chi connectivity index (χ0) is 18.6. The van der Waals surface area contributed by atoms with Crippen LogP contribution in [0.4, 0.5) is 26.3 Å². The molecule has 25 heavy (non-hydrogen) atoms. The van der Waals surface area contributed by atoms with Crippen molar-refractivity contribution in [3.05, 3.63) is 47.2 Å². The molecule has 2 aromatic rings. The van der Waals surface area contributed by atoms with Crippen LogP contribution < -0.4 is 4.74 Å². The highest BCUT2D eigenvalue weighted by Crippen LogP contribution is 2.55. The van der Waals surface area contributed by atoms with E-state index in [4.69, 9.17) is 9.84 Å². The molecule has 1 aliphatic rings. The van der Waals surface area contributed by atoms with E-state index >= 15 is 0 Å². The van der Waals surface area contributed by atoms with Crippen molar-refractivity contribution in [2.24, 2.45) is 0 Å². The molecule has 1 N–H and O–H groups in total. The van der Waals surface area contributed by atoms with E-state index in [1.807, 2.05) is 0 Å². The average Bonchev–Trinajstić information content (AvgIpc) is 2.67. The Morgan fingerprint density at radius 3 is 2.28 bits per heavy atom. The second-order valence-corrected chi connectivity index (χ2v) is 5.13. The number of hydrogen-bond donors (Lipinski definition) is 1. The lowest BCUT2D eigenvalue weighted by Crippen LogP contribution is -2.38. The molecule has 10 heteroatoms. The molecule has 1 heterocycles. The fourth-order valence-corrected chi connectivity index (χ4v) is 2.44. The van der Waals surface area contributed by atoms with Gasteiger partial charge in [0.1, 0.15) is 11.5 Å². The summed E-state index contributed by atoms with van der Waals surface area (Å²) in [4.78, 5) is 15.1. The number of hydrogen-bond acceptors (Lipinski definition) is 4. The molecule has 0 atom stereocenters. The third-order valence-electron chi connectivity index (χ3n) is 3.62. The number of carbonyl (C=O) groups is 1. The molecule has 3 rings (SSSR count). The van der Waals surface area contributed by atoms with Crippen molar-refractivity contribution in [1.29, 1.82) is 0 Å². The quantitative estimate of drug-likeness (QED) is 0.819. The van der Waals surface area contributed by atoms with Gasteiger partial charge >= 0.3 is 11.8 Å². The van der Waals surface area contributed by atoms with Crippen molar-refractivity contribution in [3.8, 4) is 17.4 Å². The molecule has 0 radical (unpaired) electrons. The number of fused-ring (bicyclic) bond motifs is 1. The minimum absolute atomic E-state index is 0.177. The Kier molecular flexibility index (Phi) is 3.66. The van der Waals surface area contributed by atoms with Gasteiger partial charge in [0.05, 0.1) is 11.8 Å². The molecule has 0 amide bonds. The van der Waals surface area contributed by atoms with Crippen molar-refractivity contribution in [2.75, 3.05) is 0 Å². The smallest absolute Gasteiger partial charge is 0.376 e. The van der Waals surface area contributed by atoms with E-state index in [0.717, 1.165) is 18.3 Å². The number of halogens is 6. The van der Waals surface area contributed by atoms with Gasteiger partial charge in [0, 0.05) is 17.2 Å². The molecule has 0 saturated carbocycles. The summed E-state index contributed by atoms with van der Waals surface area (Å²) in [5, 5.41) is 9.04. The molecule has 0 fully saturated rings. The fraction of sp³-hybridized carbons (Fsp3) is 0.200. The number of ketones is 1. The van der Waals surface area contributed by atoms with Crippen LogP contribution in [0.5, 0.6) is 17.4 Å². The van der Waals surface area contributed by atoms with Gasteiger partial charge in [0.2, 0.25) is 11.7 Å². The summed E-state index contributed by atoms with van der Waals surface area (Å²) >= 11 is 0. The van der Waals surface area contributed by atoms with Crippen LogP contribution in [0, 0.1) is 0 Å². The van der Waals surface area contributed by atoms with E-state index in [1.165, 1.54) is 0 Å². The predicted molar refractivity (Wildman–Crippen MR) is 70.5 cm³/mol. The minimum Gasteiger partial charge on any atom is -0.493 e. The van der Waals surface area contributed by atoms with Gasteiger partial charge in [0.25, 0.3) is 6.43 Å². The highest BCUT2D eigenvalue weighted by molar-refractivity contribution is 6.08. The lowest BCUT2D eigenvalue weighted by molar-refractivity contribution is -0.176. The summed E-state index contributed by atoms with van der Waals surface area (Å²) in [6.45, 7) is 0. The number of aromatic hydroxyl groups is 1. The molecule has 4 nitrogen and oxygen atoms in total. The lowest BCUT2D eigenvalue weighted by atomic mass is 10.0. The Bertz CT molecular complexity index is 851. The average molecular weight is 363 g/mol. The number of alkyl halides is 6. The first-order valence-electron chi connectivity index (χ1n) is 6.66. The molecule has 0 aliphatic heterocycles. The third kappa shape index (κ3) is 2.39. The van der Waals surface area contributed by atoms with Crippen molar-refractivity contribution >= 4 is 5.78 Å². The second kappa shape index (κ2) is 5.36. The summed E-state index contributed by atoms with van der Waals surface area (Å²) in [7, 11) is 0. The molecular formula is C15H7F6NO3. The van der Waals surface area contributed by atoms with Gasteiger partial charge in [-0.05, 0) is 18.2 Å². The Labute approximate surface area is 135 Å². The number of rotatable bonds is 3. The SMILES string of the molecule is O=C1c2c(ccc(Oc3ccc(O)nc3)c2C(F)F)C(F)(F)C1(F)F. The van der Waals surface area contributed by atoms with Gasteiger partial charge in [-0.15, -0.1) is 0 Å². The zero-order valence-electron chi connectivity index (χ0n) is 11.9. The molecule has 0 bridgehead atoms. The highest BCUT2D eigenvalue weighted by Gasteiger charge is 2.70. The standard InChI is InChI=1S/C15H7F6NO3/c16-13(17)11-8(25-6-1-4-9(23)22-5-6)3-2-7-10(11)12(24)15(20,21)14(7,18)19/h1-5,13H,(H,22,23). The minimum atomic E-state index is -5.13. The number of benzene rings is 1. The van der Waals surface area contributed by atoms with Gasteiger partial charge in [-0.1, -0.05) is 0 Å². The molecule has 1 aromatic carbocycles. The van der Waals surface area contributed by atoms with Crippen LogP contribution in [0.15, 0.2) is 30.5 Å². The van der Waals surface area contributed by atoms with E-state index in [1.54, 1.807) is 0 Å². The van der Waals surface area contributed by atoms with Gasteiger partial charge in [-0.3, -0.25) is 4.79 Å². The maximum absolute atomic E-state index is 13.7. The van der Waals surface area contributed by atoms with Crippen LogP contribution in [-0.2, 0) is 5.92 Å². The van der Waals surface area contributed by atoms with Crippen LogP contribution in [0.3, 0.4) is 0 Å². The van der Waals surface area contributed by atoms with Gasteiger partial charge in [-0.25, -0.2) is 13.8 Å². The number of pyridine rings is 1. The number of ether oxygens (including phenoxy) is 1. The maximum Gasteiger partial charge on any atom is 0.376 e. The number of Topliss-reactive ketones (excluding diaryl/α,β-unsaturated/α-hetero) is 1. The van der Waals surface area contributed by atoms with Gasteiger partial charge < -0.3 is 9.84 Å². The predicted octanol–water partition coefficient (Wildman–Crippen LogP) is 4.44. The van der Waals surface area contributed by atoms with Crippen LogP contribution in [0.25, 0.3) is 0 Å². The van der Waals surface area contributed by atoms with Crippen LogP contribution in [0.2, 0.25) is 0 Å². The molecule has 132 valence electrons. The normalized spacial score (nSPS) is 17.6. The number of aromatic nitrogens is 1. The third-order valence-corrected chi connectivity index (χ3v) is 3.62. The van der Waals surface area contributed by atoms with E-state index in [0.29, 0.717) is 12.1 Å². The largest absolute Gasteiger partial charge is 0.493 e. The Morgan fingerprint density at radius 2 is 1.72 bits per heavy atom. The number of nitrogens with zero attached hydrogens (tertiary/aromatic N) is 1. The zero-order valence-corrected chi connectivity index (χ0v) is 11.9. The lowest BCUT2D eigenvalue weighted by Gasteiger charge is -2.17. The molecule has 1 aliphatic carbocycles.